The van der Waals surface area contributed by atoms with Crippen LogP contribution in [0, 0.1) is 15.1 Å². The summed E-state index contributed by atoms with van der Waals surface area (Å²) in [6.07, 6.45) is 6.06. The molecule has 0 aliphatic rings. The zero-order chi connectivity index (χ0) is 20.8. The zero-order valence-corrected chi connectivity index (χ0v) is 18.4. The Morgan fingerprint density at radius 2 is 2.18 bits per heavy atom. The van der Waals surface area contributed by atoms with Crippen molar-refractivity contribution >= 4 is 34.3 Å². The Labute approximate surface area is 179 Å². The van der Waals surface area contributed by atoms with Crippen LogP contribution in [0.1, 0.15) is 50.4 Å². The minimum Gasteiger partial charge on any atom is -0.595 e. The van der Waals surface area contributed by atoms with E-state index in [-0.39, 0.29) is 12.2 Å². The lowest BCUT2D eigenvalue weighted by Gasteiger charge is -2.07. The smallest absolute Gasteiger partial charge is 0.369 e. The number of unbranched alkanes of at least 4 members (excludes halogenated alkanes) is 2. The molecular weight excluding hydrogens is 473 g/mol. The number of para-hydroxylation sites is 1. The van der Waals surface area contributed by atoms with Gasteiger partial charge < -0.3 is 14.8 Å². The van der Waals surface area contributed by atoms with E-state index in [2.05, 4.69) is 27.0 Å². The minimum absolute atomic E-state index is 0.163. The van der Waals surface area contributed by atoms with Crippen LogP contribution >= 0.6 is 22.6 Å². The van der Waals surface area contributed by atoms with Crippen molar-refractivity contribution in [2.24, 2.45) is 10.3 Å². The van der Waals surface area contributed by atoms with Gasteiger partial charge in [0.15, 0.2) is 6.04 Å². The first-order valence-electron chi connectivity index (χ1n) is 8.89. The molecule has 28 heavy (non-hydrogen) atoms. The highest BCUT2D eigenvalue weighted by atomic mass is 127. The van der Waals surface area contributed by atoms with E-state index in [0.717, 1.165) is 19.3 Å². The van der Waals surface area contributed by atoms with E-state index in [1.807, 2.05) is 22.6 Å². The molecule has 1 atom stereocenters. The van der Waals surface area contributed by atoms with Crippen LogP contribution in [0.3, 0.4) is 0 Å². The Morgan fingerprint density at radius 1 is 1.43 bits per heavy atom. The number of nitrogens with zero attached hydrogens (tertiary/aromatic N) is 3. The summed E-state index contributed by atoms with van der Waals surface area (Å²) in [5, 5.41) is 19.4. The van der Waals surface area contributed by atoms with Crippen LogP contribution in [0.2, 0.25) is 0 Å². The Bertz CT molecular complexity index is 794. The maximum Gasteiger partial charge on any atom is 0.369 e. The summed E-state index contributed by atoms with van der Waals surface area (Å²) in [5.74, 6) is 2.45. The average Bonchev–Trinajstić information content (AvgIpc) is 2.69. The maximum absolute atomic E-state index is 12.3. The first-order valence-corrected chi connectivity index (χ1v) is 9.97. The maximum atomic E-state index is 12.3. The molecule has 1 rings (SSSR count). The number of oxime groups is 1. The highest BCUT2D eigenvalue weighted by Crippen LogP contribution is 2.19. The van der Waals surface area contributed by atoms with Crippen molar-refractivity contribution in [1.29, 1.82) is 0 Å². The van der Waals surface area contributed by atoms with E-state index < -0.39 is 12.0 Å². The van der Waals surface area contributed by atoms with E-state index in [9.17, 15) is 10.0 Å². The molecule has 0 spiro atoms. The topological polar surface area (TPSA) is 86.3 Å². The third-order valence-electron chi connectivity index (χ3n) is 3.60. The van der Waals surface area contributed by atoms with Crippen LogP contribution in [0.4, 0.5) is 0 Å². The Kier molecular flexibility index (Phi) is 11.6. The molecule has 0 N–H and O–H groups in total. The van der Waals surface area contributed by atoms with Gasteiger partial charge in [-0.05, 0) is 53.9 Å². The Hall–Kier alpha value is -2.41. The van der Waals surface area contributed by atoms with Gasteiger partial charge in [-0.1, -0.05) is 41.4 Å². The van der Waals surface area contributed by atoms with E-state index in [0.29, 0.717) is 16.3 Å². The molecule has 150 valence electrons. The normalized spacial score (nSPS) is 13.0. The van der Waals surface area contributed by atoms with Crippen molar-refractivity contribution < 1.29 is 19.2 Å². The summed E-state index contributed by atoms with van der Waals surface area (Å²) in [6.45, 7) is 5.57. The van der Waals surface area contributed by atoms with Gasteiger partial charge in [0.1, 0.15) is 17.9 Å². The third kappa shape index (κ3) is 8.99. The molecule has 0 aliphatic carbocycles. The molecule has 0 heterocycles. The summed E-state index contributed by atoms with van der Waals surface area (Å²) in [4.78, 5) is 17.8. The first-order chi connectivity index (χ1) is 13.5. The Balaban J connectivity index is 2.72. The monoisotopic (exact) mass is 497 g/mol. The van der Waals surface area contributed by atoms with Crippen LogP contribution in [0.5, 0.6) is 5.75 Å². The number of carbonyl (C=O) groups excluding carboxylic acids is 1. The number of rotatable bonds is 10. The lowest BCUT2D eigenvalue weighted by molar-refractivity contribution is -0.460. The van der Waals surface area contributed by atoms with Crippen molar-refractivity contribution in [3.63, 3.8) is 0 Å². The average molecular weight is 497 g/mol. The van der Waals surface area contributed by atoms with Gasteiger partial charge in [0.25, 0.3) is 0 Å². The van der Waals surface area contributed by atoms with Gasteiger partial charge in [-0.15, -0.1) is 0 Å². The van der Waals surface area contributed by atoms with E-state index >= 15 is 0 Å². The molecule has 1 aromatic rings. The number of azo groups is 1. The molecule has 0 bridgehead atoms. The number of hydroxylamine groups is 1. The van der Waals surface area contributed by atoms with Crippen LogP contribution < -0.4 is 4.74 Å². The summed E-state index contributed by atoms with van der Waals surface area (Å²) < 4.78 is 8.14. The molecule has 0 fully saturated rings. The van der Waals surface area contributed by atoms with Crippen LogP contribution in [-0.4, -0.2) is 29.2 Å². The lowest BCUT2D eigenvalue weighted by atomic mass is 10.2. The second kappa shape index (κ2) is 13.7. The van der Waals surface area contributed by atoms with E-state index in [1.165, 1.54) is 6.20 Å². The molecule has 0 saturated heterocycles. The van der Waals surface area contributed by atoms with Crippen molar-refractivity contribution in [1.82, 2.24) is 0 Å². The SMILES string of the molecule is CCCC/C=C/[N+]([O-])=NC(C)/C(C)=N/OC(=O)c1ccccc1OCC#CI. The Morgan fingerprint density at radius 3 is 2.89 bits per heavy atom. The number of hydrogen-bond donors (Lipinski definition) is 0. The highest BCUT2D eigenvalue weighted by Gasteiger charge is 2.15. The summed E-state index contributed by atoms with van der Waals surface area (Å²) in [7, 11) is 0. The fourth-order valence-corrected chi connectivity index (χ4v) is 2.08. The molecule has 8 heteroatoms. The number of hydrogen-bond acceptors (Lipinski definition) is 6. The van der Waals surface area contributed by atoms with Crippen LogP contribution in [0.25, 0.3) is 0 Å². The standard InChI is InChI=1S/C20H24IN3O4/c1-4-5-6-9-14-24(26)22-16(2)17(3)23-28-20(25)18-11-7-8-12-19(18)27-15-10-13-21/h7-9,11-12,14,16H,4-6,15H2,1-3H3/b14-9+,23-17+,24-22?. The molecule has 0 aliphatic heterocycles. The summed E-state index contributed by atoms with van der Waals surface area (Å²) >= 11 is 1.91. The minimum atomic E-state index is -0.664. The molecular formula is C20H24IN3O4. The molecule has 1 unspecified atom stereocenters. The van der Waals surface area contributed by atoms with Gasteiger partial charge in [0.05, 0.1) is 5.71 Å². The largest absolute Gasteiger partial charge is 0.595 e. The van der Waals surface area contributed by atoms with Crippen molar-refractivity contribution in [3.8, 4) is 15.6 Å². The van der Waals surface area contributed by atoms with Gasteiger partial charge in [0, 0.05) is 22.6 Å². The van der Waals surface area contributed by atoms with E-state index in [4.69, 9.17) is 9.57 Å². The predicted octanol–water partition coefficient (Wildman–Crippen LogP) is 5.05. The fourth-order valence-electron chi connectivity index (χ4n) is 1.92. The van der Waals surface area contributed by atoms with Crippen molar-refractivity contribution in [3.05, 3.63) is 47.3 Å². The van der Waals surface area contributed by atoms with Gasteiger partial charge in [-0.2, -0.15) is 0 Å². The van der Waals surface area contributed by atoms with Crippen molar-refractivity contribution in [2.75, 3.05) is 6.61 Å². The van der Waals surface area contributed by atoms with Gasteiger partial charge in [0.2, 0.25) is 6.20 Å². The lowest BCUT2D eigenvalue weighted by Crippen LogP contribution is -2.15. The van der Waals surface area contributed by atoms with Crippen LogP contribution in [-0.2, 0) is 4.84 Å². The second-order valence-corrected chi connectivity index (χ2v) is 6.33. The van der Waals surface area contributed by atoms with Crippen molar-refractivity contribution in [2.45, 2.75) is 46.1 Å². The first kappa shape index (κ1) is 23.6. The molecule has 0 saturated carbocycles. The third-order valence-corrected chi connectivity index (χ3v) is 3.98. The fraction of sp³-hybridized carbons (Fsp3) is 0.400. The van der Waals surface area contributed by atoms with Gasteiger partial charge in [-0.25, -0.2) is 4.79 Å². The summed E-state index contributed by atoms with van der Waals surface area (Å²) in [6, 6.07) is 6.14. The number of ether oxygens (including phenoxy) is 1. The number of allylic oxidation sites excluding steroid dienone is 1. The molecule has 7 nitrogen and oxygen atoms in total. The van der Waals surface area contributed by atoms with E-state index in [1.54, 1.807) is 44.2 Å². The van der Waals surface area contributed by atoms with Crippen LogP contribution in [0.15, 0.2) is 46.8 Å². The molecule has 1 aromatic carbocycles. The quantitative estimate of drug-likeness (QED) is 0.0662. The van der Waals surface area contributed by atoms with Gasteiger partial charge >= 0.3 is 5.97 Å². The molecule has 0 aromatic heterocycles. The number of carbonyl (C=O) groups is 1. The number of benzene rings is 1. The molecule has 0 amide bonds. The predicted molar refractivity (Wildman–Crippen MR) is 116 cm³/mol. The zero-order valence-electron chi connectivity index (χ0n) is 16.2. The van der Waals surface area contributed by atoms with Gasteiger partial charge in [-0.3, -0.25) is 0 Å². The second-order valence-electron chi connectivity index (χ2n) is 5.79. The molecule has 0 radical (unpaired) electrons. The number of halogens is 1. The highest BCUT2D eigenvalue weighted by molar-refractivity contribution is 14.1. The summed E-state index contributed by atoms with van der Waals surface area (Å²) in [5.41, 5.74) is 0.633.